The van der Waals surface area contributed by atoms with Crippen molar-refractivity contribution in [2.24, 2.45) is 0 Å². The summed E-state index contributed by atoms with van der Waals surface area (Å²) in [5, 5.41) is 10.6. The van der Waals surface area contributed by atoms with E-state index in [4.69, 9.17) is 0 Å². The van der Waals surface area contributed by atoms with Gasteiger partial charge in [-0.2, -0.15) is 0 Å². The van der Waals surface area contributed by atoms with Gasteiger partial charge in [-0.25, -0.2) is 4.39 Å². The van der Waals surface area contributed by atoms with Crippen molar-refractivity contribution in [3.63, 3.8) is 0 Å². The van der Waals surface area contributed by atoms with Crippen LogP contribution in [0.15, 0.2) is 109 Å². The highest BCUT2D eigenvalue weighted by Gasteiger charge is 2.32. The number of halogens is 1. The van der Waals surface area contributed by atoms with Crippen LogP contribution in [0, 0.1) is 5.82 Å². The average molecular weight is 396 g/mol. The number of allylic oxidation sites excluding steroid dienone is 6. The Kier molecular flexibility index (Phi) is 5.44. The molecule has 0 aliphatic heterocycles. The molecule has 0 saturated carbocycles. The molecule has 2 nitrogen and oxygen atoms in total. The minimum Gasteiger partial charge on any atom is -0.508 e. The van der Waals surface area contributed by atoms with Gasteiger partial charge in [0.05, 0.1) is 0 Å². The van der Waals surface area contributed by atoms with Crippen LogP contribution in [-0.4, -0.2) is 10.9 Å². The van der Waals surface area contributed by atoms with E-state index in [0.717, 1.165) is 11.1 Å². The molecule has 0 amide bonds. The van der Waals surface area contributed by atoms with Gasteiger partial charge in [0.15, 0.2) is 5.78 Å². The Morgan fingerprint density at radius 2 is 1.63 bits per heavy atom. The first-order valence-corrected chi connectivity index (χ1v) is 9.79. The summed E-state index contributed by atoms with van der Waals surface area (Å²) in [5.41, 5.74) is 2.52. The van der Waals surface area contributed by atoms with Gasteiger partial charge < -0.3 is 5.11 Å². The summed E-state index contributed by atoms with van der Waals surface area (Å²) in [7, 11) is 0. The van der Waals surface area contributed by atoms with E-state index < -0.39 is 5.41 Å². The summed E-state index contributed by atoms with van der Waals surface area (Å²) in [6.07, 6.45) is 9.85. The molecule has 30 heavy (non-hydrogen) atoms. The standard InChI is InChI=1S/C27H21FO2/c28-23-14-12-20(13-15-23)22-9-6-17-27(19-22,24-10-4-5-11-26(24)30)18-16-25(29)21-7-2-1-3-8-21/h1-18,30H,19H2/b18-16+. The summed E-state index contributed by atoms with van der Waals surface area (Å²) in [5.74, 6) is -0.220. The molecule has 0 fully saturated rings. The maximum absolute atomic E-state index is 13.4. The Labute approximate surface area is 175 Å². The van der Waals surface area contributed by atoms with Gasteiger partial charge in [-0.1, -0.05) is 85.0 Å². The van der Waals surface area contributed by atoms with E-state index in [-0.39, 0.29) is 17.3 Å². The van der Waals surface area contributed by atoms with E-state index >= 15 is 0 Å². The summed E-state index contributed by atoms with van der Waals surface area (Å²) in [6.45, 7) is 0. The first-order valence-electron chi connectivity index (χ1n) is 9.79. The second-order valence-corrected chi connectivity index (χ2v) is 7.36. The maximum Gasteiger partial charge on any atom is 0.185 e. The van der Waals surface area contributed by atoms with E-state index in [2.05, 4.69) is 0 Å². The van der Waals surface area contributed by atoms with Crippen molar-refractivity contribution < 1.29 is 14.3 Å². The van der Waals surface area contributed by atoms with Crippen molar-refractivity contribution in [1.82, 2.24) is 0 Å². The lowest BCUT2D eigenvalue weighted by atomic mass is 9.71. The van der Waals surface area contributed by atoms with Crippen molar-refractivity contribution in [3.05, 3.63) is 132 Å². The Bertz CT molecular complexity index is 1140. The molecule has 1 N–H and O–H groups in total. The van der Waals surface area contributed by atoms with Gasteiger partial charge in [-0.05, 0) is 41.8 Å². The molecule has 3 aromatic carbocycles. The lowest BCUT2D eigenvalue weighted by molar-refractivity contribution is 0.104. The van der Waals surface area contributed by atoms with Crippen LogP contribution in [0.25, 0.3) is 5.57 Å². The van der Waals surface area contributed by atoms with Crippen molar-refractivity contribution >= 4 is 11.4 Å². The lowest BCUT2D eigenvalue weighted by Gasteiger charge is -2.32. The third-order valence-electron chi connectivity index (χ3n) is 5.38. The molecule has 3 heteroatoms. The number of phenolic OH excluding ortho intramolecular Hbond substituents is 1. The fourth-order valence-corrected chi connectivity index (χ4v) is 3.81. The van der Waals surface area contributed by atoms with Crippen molar-refractivity contribution in [1.29, 1.82) is 0 Å². The van der Waals surface area contributed by atoms with Crippen LogP contribution in [0.2, 0.25) is 0 Å². The molecule has 0 aromatic heterocycles. The van der Waals surface area contributed by atoms with Gasteiger partial charge in [-0.3, -0.25) is 4.79 Å². The van der Waals surface area contributed by atoms with Gasteiger partial charge in [-0.15, -0.1) is 0 Å². The fourth-order valence-electron chi connectivity index (χ4n) is 3.81. The predicted octanol–water partition coefficient (Wildman–Crippen LogP) is 6.25. The molecule has 0 saturated heterocycles. The van der Waals surface area contributed by atoms with Crippen LogP contribution in [-0.2, 0) is 5.41 Å². The number of hydrogen-bond donors (Lipinski definition) is 1. The van der Waals surface area contributed by atoms with Crippen LogP contribution < -0.4 is 0 Å². The topological polar surface area (TPSA) is 37.3 Å². The summed E-state index contributed by atoms with van der Waals surface area (Å²) in [4.78, 5) is 12.7. The Morgan fingerprint density at radius 1 is 0.933 bits per heavy atom. The molecular weight excluding hydrogens is 375 g/mol. The number of carbonyl (C=O) groups is 1. The second-order valence-electron chi connectivity index (χ2n) is 7.36. The first-order chi connectivity index (χ1) is 14.6. The van der Waals surface area contributed by atoms with E-state index in [1.807, 2.05) is 54.6 Å². The van der Waals surface area contributed by atoms with Gasteiger partial charge >= 0.3 is 0 Å². The second kappa shape index (κ2) is 8.34. The highest BCUT2D eigenvalue weighted by molar-refractivity contribution is 6.04. The maximum atomic E-state index is 13.4. The van der Waals surface area contributed by atoms with Crippen LogP contribution in [0.1, 0.15) is 27.9 Å². The van der Waals surface area contributed by atoms with Crippen molar-refractivity contribution in [3.8, 4) is 5.75 Å². The number of benzene rings is 3. The quantitative estimate of drug-likeness (QED) is 0.409. The van der Waals surface area contributed by atoms with Gasteiger partial charge in [0.1, 0.15) is 11.6 Å². The van der Waals surface area contributed by atoms with E-state index in [9.17, 15) is 14.3 Å². The monoisotopic (exact) mass is 396 g/mol. The zero-order valence-corrected chi connectivity index (χ0v) is 16.3. The molecule has 1 aliphatic carbocycles. The Morgan fingerprint density at radius 3 is 2.37 bits per heavy atom. The molecule has 1 unspecified atom stereocenters. The SMILES string of the molecule is O=C(/C=C/C1(c2ccccc2O)C=CC=C(c2ccc(F)cc2)C1)c1ccccc1. The molecule has 3 aromatic rings. The average Bonchev–Trinajstić information content (AvgIpc) is 2.79. The van der Waals surface area contributed by atoms with Crippen molar-refractivity contribution in [2.45, 2.75) is 11.8 Å². The van der Waals surface area contributed by atoms with Crippen LogP contribution in [0.3, 0.4) is 0 Å². The number of para-hydroxylation sites is 1. The van der Waals surface area contributed by atoms with E-state index in [1.54, 1.807) is 42.5 Å². The normalized spacial score (nSPS) is 18.4. The van der Waals surface area contributed by atoms with Crippen LogP contribution in [0.4, 0.5) is 4.39 Å². The molecule has 0 spiro atoms. The zero-order chi connectivity index (χ0) is 21.0. The number of carbonyl (C=O) groups excluding carboxylic acids is 1. The number of hydrogen-bond acceptors (Lipinski definition) is 2. The third kappa shape index (κ3) is 4.01. The smallest absolute Gasteiger partial charge is 0.185 e. The minimum absolute atomic E-state index is 0.100. The summed E-state index contributed by atoms with van der Waals surface area (Å²) < 4.78 is 13.4. The Balaban J connectivity index is 1.74. The van der Waals surface area contributed by atoms with E-state index in [1.165, 1.54) is 12.1 Å². The third-order valence-corrected chi connectivity index (χ3v) is 5.38. The molecule has 1 atom stereocenters. The minimum atomic E-state index is -0.700. The number of ketones is 1. The molecule has 4 rings (SSSR count). The zero-order valence-electron chi connectivity index (χ0n) is 16.3. The van der Waals surface area contributed by atoms with Gasteiger partial charge in [0.2, 0.25) is 0 Å². The Hall–Kier alpha value is -3.72. The highest BCUT2D eigenvalue weighted by atomic mass is 19.1. The highest BCUT2D eigenvalue weighted by Crippen LogP contribution is 2.43. The molecule has 0 heterocycles. The lowest BCUT2D eigenvalue weighted by Crippen LogP contribution is -2.24. The van der Waals surface area contributed by atoms with Crippen LogP contribution >= 0.6 is 0 Å². The molecule has 0 radical (unpaired) electrons. The number of rotatable bonds is 5. The predicted molar refractivity (Wildman–Crippen MR) is 118 cm³/mol. The number of phenols is 1. The largest absolute Gasteiger partial charge is 0.508 e. The van der Waals surface area contributed by atoms with Crippen LogP contribution in [0.5, 0.6) is 5.75 Å². The van der Waals surface area contributed by atoms with Gasteiger partial charge in [0, 0.05) is 16.5 Å². The summed E-state index contributed by atoms with van der Waals surface area (Å²) >= 11 is 0. The molecule has 1 aliphatic rings. The number of aromatic hydroxyl groups is 1. The molecular formula is C27H21FO2. The fraction of sp³-hybridized carbons (Fsp3) is 0.0741. The first kappa shape index (κ1) is 19.6. The van der Waals surface area contributed by atoms with E-state index in [0.29, 0.717) is 17.5 Å². The summed E-state index contributed by atoms with van der Waals surface area (Å²) in [6, 6.07) is 22.6. The molecule has 148 valence electrons. The van der Waals surface area contributed by atoms with Crippen molar-refractivity contribution in [2.75, 3.05) is 0 Å². The van der Waals surface area contributed by atoms with Gasteiger partial charge in [0.25, 0.3) is 0 Å². The molecule has 0 bridgehead atoms.